The highest BCUT2D eigenvalue weighted by molar-refractivity contribution is 8.38. The standard InChI is InChI=1S/C10H13N3S2/c1-8(9-6-4-5-7-11-9)12-13-10(14-2)15-3/h4-7H,1-3H3/b12-8+. The molecule has 0 aromatic carbocycles. The number of aromatic nitrogens is 1. The van der Waals surface area contributed by atoms with Gasteiger partial charge in [0.1, 0.15) is 0 Å². The summed E-state index contributed by atoms with van der Waals surface area (Å²) in [5.74, 6) is 0. The molecule has 1 heterocycles. The summed E-state index contributed by atoms with van der Waals surface area (Å²) in [5, 5.41) is 8.26. The molecule has 15 heavy (non-hydrogen) atoms. The van der Waals surface area contributed by atoms with Crippen molar-refractivity contribution in [2.24, 2.45) is 10.2 Å². The third-order valence-corrected chi connectivity index (χ3v) is 3.53. The van der Waals surface area contributed by atoms with E-state index < -0.39 is 0 Å². The van der Waals surface area contributed by atoms with Gasteiger partial charge in [-0.3, -0.25) is 4.98 Å². The maximum atomic E-state index is 4.19. The second-order valence-electron chi connectivity index (χ2n) is 2.67. The molecule has 0 N–H and O–H groups in total. The van der Waals surface area contributed by atoms with E-state index in [0.29, 0.717) is 0 Å². The molecule has 1 aromatic rings. The van der Waals surface area contributed by atoms with Crippen molar-refractivity contribution in [1.82, 2.24) is 4.98 Å². The Balaban J connectivity index is 2.81. The molecule has 1 aromatic heterocycles. The minimum Gasteiger partial charge on any atom is -0.255 e. The van der Waals surface area contributed by atoms with Gasteiger partial charge >= 0.3 is 0 Å². The lowest BCUT2D eigenvalue weighted by Crippen LogP contribution is -1.96. The first-order valence-corrected chi connectivity index (χ1v) is 6.84. The zero-order valence-electron chi connectivity index (χ0n) is 8.97. The SMILES string of the molecule is CSC(=N/N=C(\C)c1ccccn1)SC. The van der Waals surface area contributed by atoms with Gasteiger partial charge in [-0.05, 0) is 31.6 Å². The van der Waals surface area contributed by atoms with E-state index in [1.807, 2.05) is 37.6 Å². The second-order valence-corrected chi connectivity index (χ2v) is 4.52. The van der Waals surface area contributed by atoms with Gasteiger partial charge in [0.25, 0.3) is 0 Å². The highest BCUT2D eigenvalue weighted by Crippen LogP contribution is 2.11. The fourth-order valence-electron chi connectivity index (χ4n) is 0.909. The molecule has 0 saturated heterocycles. The molecule has 0 bridgehead atoms. The molecule has 1 rings (SSSR count). The zero-order valence-corrected chi connectivity index (χ0v) is 10.6. The summed E-state index contributed by atoms with van der Waals surface area (Å²) in [6.45, 7) is 1.91. The maximum absolute atomic E-state index is 4.19. The van der Waals surface area contributed by atoms with Crippen LogP contribution in [0.3, 0.4) is 0 Å². The van der Waals surface area contributed by atoms with Crippen LogP contribution >= 0.6 is 23.5 Å². The molecular formula is C10H13N3S2. The topological polar surface area (TPSA) is 37.6 Å². The molecule has 0 fully saturated rings. The van der Waals surface area contributed by atoms with E-state index in [9.17, 15) is 0 Å². The molecule has 0 spiro atoms. The summed E-state index contributed by atoms with van der Waals surface area (Å²) in [5.41, 5.74) is 1.69. The van der Waals surface area contributed by atoms with Crippen LogP contribution < -0.4 is 0 Å². The monoisotopic (exact) mass is 239 g/mol. The van der Waals surface area contributed by atoms with Crippen LogP contribution in [0.25, 0.3) is 0 Å². The van der Waals surface area contributed by atoms with Crippen molar-refractivity contribution in [3.8, 4) is 0 Å². The Bertz CT molecular complexity index is 354. The van der Waals surface area contributed by atoms with Gasteiger partial charge in [0.05, 0.1) is 11.4 Å². The van der Waals surface area contributed by atoms with Crippen molar-refractivity contribution in [3.63, 3.8) is 0 Å². The number of pyridine rings is 1. The van der Waals surface area contributed by atoms with E-state index in [2.05, 4.69) is 15.2 Å². The van der Waals surface area contributed by atoms with Crippen molar-refractivity contribution in [2.75, 3.05) is 12.5 Å². The lowest BCUT2D eigenvalue weighted by molar-refractivity contribution is 1.21. The Morgan fingerprint density at radius 3 is 2.47 bits per heavy atom. The van der Waals surface area contributed by atoms with Crippen LogP contribution in [-0.4, -0.2) is 27.6 Å². The van der Waals surface area contributed by atoms with Gasteiger partial charge in [-0.25, -0.2) is 0 Å². The van der Waals surface area contributed by atoms with Crippen molar-refractivity contribution < 1.29 is 0 Å². The minimum absolute atomic E-state index is 0.830. The third kappa shape index (κ3) is 4.05. The number of hydrogen-bond acceptors (Lipinski definition) is 5. The predicted octanol–water partition coefficient (Wildman–Crippen LogP) is 2.89. The largest absolute Gasteiger partial charge is 0.255 e. The Hall–Kier alpha value is -0.810. The van der Waals surface area contributed by atoms with E-state index >= 15 is 0 Å². The summed E-state index contributed by atoms with van der Waals surface area (Å²) in [4.78, 5) is 4.19. The van der Waals surface area contributed by atoms with Crippen LogP contribution in [0.2, 0.25) is 0 Å². The van der Waals surface area contributed by atoms with Crippen LogP contribution in [0.15, 0.2) is 34.6 Å². The van der Waals surface area contributed by atoms with Crippen LogP contribution in [0.4, 0.5) is 0 Å². The average Bonchev–Trinajstić information content (AvgIpc) is 2.31. The fourth-order valence-corrected chi connectivity index (χ4v) is 1.82. The van der Waals surface area contributed by atoms with Crippen molar-refractivity contribution >= 4 is 33.6 Å². The minimum atomic E-state index is 0.830. The lowest BCUT2D eigenvalue weighted by Gasteiger charge is -1.97. The van der Waals surface area contributed by atoms with Gasteiger partial charge in [-0.1, -0.05) is 6.07 Å². The first-order valence-electron chi connectivity index (χ1n) is 4.39. The molecule has 0 unspecified atom stereocenters. The second kappa shape index (κ2) is 6.63. The summed E-state index contributed by atoms with van der Waals surface area (Å²) in [6, 6.07) is 5.75. The van der Waals surface area contributed by atoms with Gasteiger partial charge < -0.3 is 0 Å². The quantitative estimate of drug-likeness (QED) is 0.452. The van der Waals surface area contributed by atoms with Gasteiger partial charge in [0.2, 0.25) is 0 Å². The molecule has 0 saturated carbocycles. The van der Waals surface area contributed by atoms with E-state index in [1.54, 1.807) is 29.7 Å². The Morgan fingerprint density at radius 2 is 1.93 bits per heavy atom. The highest BCUT2D eigenvalue weighted by Gasteiger charge is 1.97. The molecule has 0 aliphatic carbocycles. The molecule has 0 atom stereocenters. The van der Waals surface area contributed by atoms with Crippen LogP contribution in [-0.2, 0) is 0 Å². The molecule has 0 aliphatic heterocycles. The van der Waals surface area contributed by atoms with Crippen LogP contribution in [0, 0.1) is 0 Å². The summed E-state index contributed by atoms with van der Waals surface area (Å²) < 4.78 is 0.949. The number of hydrogen-bond donors (Lipinski definition) is 0. The smallest absolute Gasteiger partial charge is 0.152 e. The normalized spacial score (nSPS) is 11.3. The van der Waals surface area contributed by atoms with Crippen molar-refractivity contribution in [2.45, 2.75) is 6.92 Å². The highest BCUT2D eigenvalue weighted by atomic mass is 32.2. The molecule has 0 amide bonds. The third-order valence-electron chi connectivity index (χ3n) is 1.67. The van der Waals surface area contributed by atoms with Crippen molar-refractivity contribution in [3.05, 3.63) is 30.1 Å². The molecular weight excluding hydrogens is 226 g/mol. The molecule has 0 radical (unpaired) electrons. The van der Waals surface area contributed by atoms with Crippen LogP contribution in [0.5, 0.6) is 0 Å². The van der Waals surface area contributed by atoms with Gasteiger partial charge in [-0.2, -0.15) is 5.10 Å². The fraction of sp³-hybridized carbons (Fsp3) is 0.300. The number of nitrogens with zero attached hydrogens (tertiary/aromatic N) is 3. The Labute approximate surface area is 98.5 Å². The Morgan fingerprint density at radius 1 is 1.20 bits per heavy atom. The van der Waals surface area contributed by atoms with E-state index in [0.717, 1.165) is 15.8 Å². The lowest BCUT2D eigenvalue weighted by atomic mass is 10.3. The van der Waals surface area contributed by atoms with E-state index in [-0.39, 0.29) is 0 Å². The summed E-state index contributed by atoms with van der Waals surface area (Å²) in [6.07, 6.45) is 5.73. The molecule has 5 heteroatoms. The number of thioether (sulfide) groups is 2. The van der Waals surface area contributed by atoms with Gasteiger partial charge in [0, 0.05) is 6.20 Å². The number of rotatable bonds is 2. The maximum Gasteiger partial charge on any atom is 0.152 e. The molecule has 0 aliphatic rings. The molecule has 3 nitrogen and oxygen atoms in total. The van der Waals surface area contributed by atoms with Gasteiger partial charge in [0.15, 0.2) is 4.38 Å². The predicted molar refractivity (Wildman–Crippen MR) is 70.9 cm³/mol. The summed E-state index contributed by atoms with van der Waals surface area (Å²) >= 11 is 3.19. The molecule has 80 valence electrons. The zero-order chi connectivity index (χ0) is 11.1. The summed E-state index contributed by atoms with van der Waals surface area (Å²) in [7, 11) is 0. The van der Waals surface area contributed by atoms with Crippen molar-refractivity contribution in [1.29, 1.82) is 0 Å². The van der Waals surface area contributed by atoms with E-state index in [1.165, 1.54) is 0 Å². The average molecular weight is 239 g/mol. The van der Waals surface area contributed by atoms with Gasteiger partial charge in [-0.15, -0.1) is 28.6 Å². The van der Waals surface area contributed by atoms with Crippen LogP contribution in [0.1, 0.15) is 12.6 Å². The first-order chi connectivity index (χ1) is 7.27. The Kier molecular flexibility index (Phi) is 5.42. The first kappa shape index (κ1) is 12.3. The van der Waals surface area contributed by atoms with E-state index in [4.69, 9.17) is 0 Å².